The minimum absolute atomic E-state index is 0.310. The lowest BCUT2D eigenvalue weighted by molar-refractivity contribution is 0.246. The first kappa shape index (κ1) is 15.3. The molecule has 19 heavy (non-hydrogen) atoms. The fourth-order valence-corrected chi connectivity index (χ4v) is 4.68. The van der Waals surface area contributed by atoms with E-state index < -0.39 is 10.0 Å². The van der Waals surface area contributed by atoms with Crippen LogP contribution in [0.15, 0.2) is 0 Å². The molecule has 0 aromatic heterocycles. The number of hydrogen-bond acceptors (Lipinski definition) is 3. The van der Waals surface area contributed by atoms with Gasteiger partial charge in [0.25, 0.3) is 0 Å². The Labute approximate surface area is 118 Å². The van der Waals surface area contributed by atoms with Crippen LogP contribution in [0.3, 0.4) is 0 Å². The van der Waals surface area contributed by atoms with Gasteiger partial charge in [0.2, 0.25) is 10.0 Å². The van der Waals surface area contributed by atoms with Crippen molar-refractivity contribution in [2.75, 3.05) is 32.4 Å². The molecule has 0 N–H and O–H groups in total. The average Bonchev–Trinajstić information content (AvgIpc) is 2.93. The van der Waals surface area contributed by atoms with Crippen molar-refractivity contribution in [3.63, 3.8) is 0 Å². The van der Waals surface area contributed by atoms with E-state index in [4.69, 9.17) is 0 Å². The molecule has 0 aromatic carbocycles. The van der Waals surface area contributed by atoms with E-state index in [0.717, 1.165) is 25.8 Å². The van der Waals surface area contributed by atoms with E-state index in [0.29, 0.717) is 24.9 Å². The van der Waals surface area contributed by atoms with Crippen LogP contribution in [0.4, 0.5) is 0 Å². The van der Waals surface area contributed by atoms with E-state index in [2.05, 4.69) is 18.4 Å². The normalized spacial score (nSPS) is 23.3. The third-order valence-corrected chi connectivity index (χ3v) is 6.38. The molecule has 4 nitrogen and oxygen atoms in total. The molecule has 0 unspecified atom stereocenters. The quantitative estimate of drug-likeness (QED) is 0.749. The molecule has 1 aliphatic carbocycles. The summed E-state index contributed by atoms with van der Waals surface area (Å²) in [5, 5.41) is 0. The summed E-state index contributed by atoms with van der Waals surface area (Å²) < 4.78 is 26.0. The van der Waals surface area contributed by atoms with Gasteiger partial charge in [-0.05, 0) is 52.1 Å². The lowest BCUT2D eigenvalue weighted by Crippen LogP contribution is -2.38. The van der Waals surface area contributed by atoms with E-state index in [-0.39, 0.29) is 0 Å². The molecule has 2 aliphatic rings. The zero-order valence-electron chi connectivity index (χ0n) is 12.1. The van der Waals surface area contributed by atoms with Gasteiger partial charge >= 0.3 is 0 Å². The van der Waals surface area contributed by atoms with Crippen LogP contribution in [0.2, 0.25) is 0 Å². The molecule has 0 atom stereocenters. The monoisotopic (exact) mass is 287 g/mol. The number of hydrogen-bond donors (Lipinski definition) is 0. The smallest absolute Gasteiger partial charge is 0.214 e. The molecule has 0 amide bonds. The second-order valence-electron chi connectivity index (χ2n) is 5.85. The van der Waals surface area contributed by atoms with E-state index in [9.17, 15) is 8.42 Å². The van der Waals surface area contributed by atoms with Crippen LogP contribution in [-0.4, -0.2) is 56.1 Å². The van der Waals surface area contributed by atoms with Gasteiger partial charge in [0.05, 0.1) is 5.75 Å². The summed E-state index contributed by atoms with van der Waals surface area (Å²) >= 11 is 0. The van der Waals surface area contributed by atoms with Gasteiger partial charge in [-0.25, -0.2) is 12.7 Å². The molecule has 2 fully saturated rings. The SMILES string of the molecule is CN(CCCS(=O)(=O)N1CC[CH]CC1)C1CCCC1. The average molecular weight is 287 g/mol. The zero-order valence-corrected chi connectivity index (χ0v) is 12.9. The minimum Gasteiger partial charge on any atom is -0.303 e. The van der Waals surface area contributed by atoms with E-state index in [1.165, 1.54) is 25.7 Å². The van der Waals surface area contributed by atoms with Crippen LogP contribution in [0, 0.1) is 6.42 Å². The van der Waals surface area contributed by atoms with Gasteiger partial charge in [0, 0.05) is 19.1 Å². The Kier molecular flexibility index (Phi) is 5.66. The van der Waals surface area contributed by atoms with Crippen molar-refractivity contribution in [1.82, 2.24) is 9.21 Å². The molecule has 0 aromatic rings. The van der Waals surface area contributed by atoms with Crippen LogP contribution in [0.5, 0.6) is 0 Å². The Morgan fingerprint density at radius 1 is 1.21 bits per heavy atom. The molecule has 111 valence electrons. The first-order valence-corrected chi connectivity index (χ1v) is 9.20. The van der Waals surface area contributed by atoms with Crippen molar-refractivity contribution in [3.8, 4) is 0 Å². The van der Waals surface area contributed by atoms with Gasteiger partial charge in [0.1, 0.15) is 0 Å². The molecule has 1 aliphatic heterocycles. The van der Waals surface area contributed by atoms with Gasteiger partial charge < -0.3 is 4.90 Å². The molecule has 1 saturated heterocycles. The Morgan fingerprint density at radius 3 is 2.47 bits per heavy atom. The van der Waals surface area contributed by atoms with Gasteiger partial charge in [0.15, 0.2) is 0 Å². The Balaban J connectivity index is 1.71. The topological polar surface area (TPSA) is 40.6 Å². The van der Waals surface area contributed by atoms with Crippen molar-refractivity contribution >= 4 is 10.0 Å². The maximum absolute atomic E-state index is 12.2. The molecule has 1 heterocycles. The van der Waals surface area contributed by atoms with Crippen molar-refractivity contribution < 1.29 is 8.42 Å². The molecule has 0 spiro atoms. The molecule has 2 rings (SSSR count). The van der Waals surface area contributed by atoms with Crippen LogP contribution in [-0.2, 0) is 10.0 Å². The molecule has 5 heteroatoms. The second kappa shape index (κ2) is 7.04. The predicted octanol–water partition coefficient (Wildman–Crippen LogP) is 1.88. The molecular formula is C14H27N2O2S. The van der Waals surface area contributed by atoms with Gasteiger partial charge in [-0.3, -0.25) is 0 Å². The van der Waals surface area contributed by atoms with Crippen molar-refractivity contribution in [3.05, 3.63) is 6.42 Å². The van der Waals surface area contributed by atoms with Gasteiger partial charge in [-0.15, -0.1) is 0 Å². The fraction of sp³-hybridized carbons (Fsp3) is 0.929. The first-order valence-electron chi connectivity index (χ1n) is 7.59. The zero-order chi connectivity index (χ0) is 13.7. The first-order chi connectivity index (χ1) is 9.09. The molecule has 1 radical (unpaired) electrons. The van der Waals surface area contributed by atoms with Crippen LogP contribution >= 0.6 is 0 Å². The van der Waals surface area contributed by atoms with E-state index >= 15 is 0 Å². The second-order valence-corrected chi connectivity index (χ2v) is 7.94. The standard InChI is InChI=1S/C14H27N2O2S/c1-15(14-8-3-4-9-14)10-7-13-19(17,18)16-11-5-2-6-12-16/h2,14H,3-13H2,1H3. The summed E-state index contributed by atoms with van der Waals surface area (Å²) in [5.74, 6) is 0.310. The highest BCUT2D eigenvalue weighted by molar-refractivity contribution is 7.89. The third-order valence-electron chi connectivity index (χ3n) is 4.42. The summed E-state index contributed by atoms with van der Waals surface area (Å²) in [6.45, 7) is 2.27. The van der Waals surface area contributed by atoms with Crippen LogP contribution in [0.25, 0.3) is 0 Å². The number of rotatable bonds is 6. The highest BCUT2D eigenvalue weighted by Crippen LogP contribution is 2.22. The Morgan fingerprint density at radius 2 is 1.84 bits per heavy atom. The number of sulfonamides is 1. The highest BCUT2D eigenvalue weighted by atomic mass is 32.2. The largest absolute Gasteiger partial charge is 0.303 e. The van der Waals surface area contributed by atoms with Crippen molar-refractivity contribution in [2.45, 2.75) is 51.0 Å². The van der Waals surface area contributed by atoms with Crippen LogP contribution < -0.4 is 0 Å². The van der Waals surface area contributed by atoms with E-state index in [1.54, 1.807) is 4.31 Å². The number of piperidine rings is 1. The summed E-state index contributed by atoms with van der Waals surface area (Å²) in [5.41, 5.74) is 0. The maximum atomic E-state index is 12.2. The maximum Gasteiger partial charge on any atom is 0.214 e. The Hall–Kier alpha value is -0.130. The lowest BCUT2D eigenvalue weighted by atomic mass is 10.2. The lowest BCUT2D eigenvalue weighted by Gasteiger charge is -2.27. The summed E-state index contributed by atoms with van der Waals surface area (Å²) in [6.07, 6.45) is 9.98. The summed E-state index contributed by atoms with van der Waals surface area (Å²) in [6, 6.07) is 0.687. The summed E-state index contributed by atoms with van der Waals surface area (Å²) in [4.78, 5) is 2.35. The summed E-state index contributed by atoms with van der Waals surface area (Å²) in [7, 11) is -0.878. The number of nitrogens with zero attached hydrogens (tertiary/aromatic N) is 2. The van der Waals surface area contributed by atoms with Crippen molar-refractivity contribution in [2.24, 2.45) is 0 Å². The minimum atomic E-state index is -3.02. The van der Waals surface area contributed by atoms with Gasteiger partial charge in [-0.2, -0.15) is 0 Å². The van der Waals surface area contributed by atoms with E-state index in [1.807, 2.05) is 0 Å². The van der Waals surface area contributed by atoms with Gasteiger partial charge in [-0.1, -0.05) is 12.8 Å². The van der Waals surface area contributed by atoms with Crippen LogP contribution in [0.1, 0.15) is 44.9 Å². The third kappa shape index (κ3) is 4.43. The molecule has 1 saturated carbocycles. The molecular weight excluding hydrogens is 260 g/mol. The predicted molar refractivity (Wildman–Crippen MR) is 78.4 cm³/mol. The molecule has 0 bridgehead atoms. The van der Waals surface area contributed by atoms with Crippen molar-refractivity contribution in [1.29, 1.82) is 0 Å². The Bertz CT molecular complexity index is 358. The fourth-order valence-electron chi connectivity index (χ4n) is 3.16. The highest BCUT2D eigenvalue weighted by Gasteiger charge is 2.24.